The Balaban J connectivity index is 1.90. The van der Waals surface area contributed by atoms with E-state index in [9.17, 15) is 21.6 Å². The standard InChI is InChI=1S/C16H12ClF3N2O5S2/c1-25-12-6-13(26-2)11(4-9(12)17)22-29(23,24)15-3-8(7-28-15)10-5-14(27-21-10)16(18,19)20/h3-7,22H,1-2H3. The first-order valence-corrected chi connectivity index (χ1v) is 10.4. The van der Waals surface area contributed by atoms with Crippen LogP contribution in [-0.2, 0) is 16.2 Å². The summed E-state index contributed by atoms with van der Waals surface area (Å²) in [6.45, 7) is 0. The molecule has 2 aromatic heterocycles. The minimum atomic E-state index is -4.69. The summed E-state index contributed by atoms with van der Waals surface area (Å²) in [7, 11) is -1.35. The van der Waals surface area contributed by atoms with Gasteiger partial charge < -0.3 is 14.0 Å². The first-order chi connectivity index (χ1) is 13.5. The minimum absolute atomic E-state index is 0.0639. The van der Waals surface area contributed by atoms with E-state index in [-0.39, 0.29) is 37.7 Å². The highest BCUT2D eigenvalue weighted by Crippen LogP contribution is 2.38. The van der Waals surface area contributed by atoms with Gasteiger partial charge in [-0.15, -0.1) is 11.3 Å². The molecule has 2 heterocycles. The van der Waals surface area contributed by atoms with Crippen LogP contribution in [0.25, 0.3) is 11.3 Å². The van der Waals surface area contributed by atoms with Crippen molar-refractivity contribution >= 4 is 38.6 Å². The van der Waals surface area contributed by atoms with Crippen LogP contribution in [0.3, 0.4) is 0 Å². The number of anilines is 1. The second-order valence-corrected chi connectivity index (χ2v) is 8.75. The number of rotatable bonds is 6. The van der Waals surface area contributed by atoms with Crippen molar-refractivity contribution in [2.24, 2.45) is 0 Å². The number of aromatic nitrogens is 1. The van der Waals surface area contributed by atoms with Gasteiger partial charge in [-0.05, 0) is 12.1 Å². The zero-order valence-corrected chi connectivity index (χ0v) is 17.1. The molecule has 0 saturated heterocycles. The van der Waals surface area contributed by atoms with E-state index in [0.717, 1.165) is 11.3 Å². The summed E-state index contributed by atoms with van der Waals surface area (Å²) in [5.74, 6) is -0.826. The van der Waals surface area contributed by atoms with Gasteiger partial charge in [-0.1, -0.05) is 16.8 Å². The number of thiophene rings is 1. The molecule has 0 aliphatic heterocycles. The lowest BCUT2D eigenvalue weighted by atomic mass is 10.2. The van der Waals surface area contributed by atoms with Gasteiger partial charge in [0.15, 0.2) is 0 Å². The van der Waals surface area contributed by atoms with Crippen molar-refractivity contribution in [3.8, 4) is 22.8 Å². The lowest BCUT2D eigenvalue weighted by molar-refractivity contribution is -0.155. The normalized spacial score (nSPS) is 12.1. The van der Waals surface area contributed by atoms with Gasteiger partial charge in [-0.2, -0.15) is 13.2 Å². The molecular weight excluding hydrogens is 457 g/mol. The molecule has 0 saturated carbocycles. The van der Waals surface area contributed by atoms with E-state index in [1.807, 2.05) is 0 Å². The fraction of sp³-hybridized carbons (Fsp3) is 0.188. The van der Waals surface area contributed by atoms with Crippen LogP contribution in [0.4, 0.5) is 18.9 Å². The number of halogens is 4. The molecule has 0 fully saturated rings. The van der Waals surface area contributed by atoms with Crippen LogP contribution in [0.2, 0.25) is 5.02 Å². The largest absolute Gasteiger partial charge is 0.495 e. The molecule has 1 aromatic carbocycles. The van der Waals surface area contributed by atoms with Gasteiger partial charge >= 0.3 is 6.18 Å². The second kappa shape index (κ2) is 7.76. The summed E-state index contributed by atoms with van der Waals surface area (Å²) < 4.78 is 79.9. The Morgan fingerprint density at radius 1 is 1.14 bits per heavy atom. The average molecular weight is 469 g/mol. The fourth-order valence-electron chi connectivity index (χ4n) is 2.27. The molecule has 0 atom stereocenters. The maximum absolute atomic E-state index is 12.7. The fourth-order valence-corrected chi connectivity index (χ4v) is 4.75. The molecule has 0 aliphatic rings. The van der Waals surface area contributed by atoms with E-state index in [1.54, 1.807) is 0 Å². The topological polar surface area (TPSA) is 90.7 Å². The van der Waals surface area contributed by atoms with Gasteiger partial charge in [0, 0.05) is 23.1 Å². The molecule has 156 valence electrons. The van der Waals surface area contributed by atoms with Crippen LogP contribution in [0.5, 0.6) is 11.5 Å². The second-order valence-electron chi connectivity index (χ2n) is 5.52. The molecule has 3 rings (SSSR count). The highest BCUT2D eigenvalue weighted by molar-refractivity contribution is 7.94. The number of hydrogen-bond acceptors (Lipinski definition) is 7. The van der Waals surface area contributed by atoms with Crippen LogP contribution < -0.4 is 14.2 Å². The molecule has 0 unspecified atom stereocenters. The highest BCUT2D eigenvalue weighted by atomic mass is 35.5. The van der Waals surface area contributed by atoms with E-state index < -0.39 is 22.0 Å². The van der Waals surface area contributed by atoms with Crippen LogP contribution in [0, 0.1) is 0 Å². The number of alkyl halides is 3. The molecule has 29 heavy (non-hydrogen) atoms. The smallest absolute Gasteiger partial charge is 0.452 e. The summed E-state index contributed by atoms with van der Waals surface area (Å²) in [5.41, 5.74) is 0.0866. The van der Waals surface area contributed by atoms with Crippen LogP contribution in [0.15, 0.2) is 38.4 Å². The molecule has 3 aromatic rings. The van der Waals surface area contributed by atoms with Crippen molar-refractivity contribution in [2.75, 3.05) is 18.9 Å². The summed E-state index contributed by atoms with van der Waals surface area (Å²) in [6.07, 6.45) is -4.69. The van der Waals surface area contributed by atoms with Crippen LogP contribution in [0.1, 0.15) is 5.76 Å². The summed E-state index contributed by atoms with van der Waals surface area (Å²) in [4.78, 5) is 0. The number of hydrogen-bond donors (Lipinski definition) is 1. The van der Waals surface area contributed by atoms with Crippen molar-refractivity contribution in [1.82, 2.24) is 5.16 Å². The monoisotopic (exact) mass is 468 g/mol. The van der Waals surface area contributed by atoms with Gasteiger partial charge in [0.2, 0.25) is 5.76 Å². The van der Waals surface area contributed by atoms with Gasteiger partial charge in [-0.25, -0.2) is 8.42 Å². The van der Waals surface area contributed by atoms with Gasteiger partial charge in [0.05, 0.1) is 24.9 Å². The molecule has 0 spiro atoms. The number of nitrogens with zero attached hydrogens (tertiary/aromatic N) is 1. The number of ether oxygens (including phenoxy) is 2. The summed E-state index contributed by atoms with van der Waals surface area (Å²) >= 11 is 6.83. The summed E-state index contributed by atoms with van der Waals surface area (Å²) in [6, 6.07) is 4.60. The van der Waals surface area contributed by atoms with Crippen molar-refractivity contribution in [3.05, 3.63) is 40.4 Å². The Morgan fingerprint density at radius 3 is 2.41 bits per heavy atom. The number of sulfonamides is 1. The minimum Gasteiger partial charge on any atom is -0.495 e. The maximum atomic E-state index is 12.7. The van der Waals surface area contributed by atoms with E-state index >= 15 is 0 Å². The predicted octanol–water partition coefficient (Wildman–Crippen LogP) is 4.89. The summed E-state index contributed by atoms with van der Waals surface area (Å²) in [5, 5.41) is 4.84. The number of methoxy groups -OCH3 is 2. The molecule has 0 bridgehead atoms. The predicted molar refractivity (Wildman–Crippen MR) is 100 cm³/mol. The zero-order valence-electron chi connectivity index (χ0n) is 14.7. The third-order valence-corrected chi connectivity index (χ3v) is 6.74. The average Bonchev–Trinajstić information content (AvgIpc) is 3.31. The van der Waals surface area contributed by atoms with Crippen molar-refractivity contribution < 1.29 is 35.6 Å². The SMILES string of the molecule is COc1cc(OC)c(NS(=O)(=O)c2cc(-c3cc(C(F)(F)F)on3)cs2)cc1Cl. The van der Waals surface area contributed by atoms with Crippen molar-refractivity contribution in [2.45, 2.75) is 10.4 Å². The van der Waals surface area contributed by atoms with Gasteiger partial charge in [0.1, 0.15) is 21.4 Å². The first-order valence-electron chi connectivity index (χ1n) is 7.62. The molecule has 0 amide bonds. The van der Waals surface area contributed by atoms with Crippen LogP contribution in [-0.4, -0.2) is 27.8 Å². The Hall–Kier alpha value is -2.44. The Kier molecular flexibility index (Phi) is 5.70. The first kappa shape index (κ1) is 21.3. The van der Waals surface area contributed by atoms with E-state index in [0.29, 0.717) is 6.07 Å². The molecular formula is C16H12ClF3N2O5S2. The lowest BCUT2D eigenvalue weighted by Gasteiger charge is -2.13. The third-order valence-electron chi connectivity index (χ3n) is 3.64. The molecule has 1 N–H and O–H groups in total. The molecule has 13 heteroatoms. The highest BCUT2D eigenvalue weighted by Gasteiger charge is 2.36. The number of nitrogens with one attached hydrogen (secondary N) is 1. The number of benzene rings is 1. The van der Waals surface area contributed by atoms with Gasteiger partial charge in [0.25, 0.3) is 10.0 Å². The molecule has 7 nitrogen and oxygen atoms in total. The Bertz CT molecular complexity index is 1140. The molecule has 0 aliphatic carbocycles. The van der Waals surface area contributed by atoms with E-state index in [2.05, 4.69) is 14.4 Å². The maximum Gasteiger partial charge on any atom is 0.452 e. The van der Waals surface area contributed by atoms with E-state index in [4.69, 9.17) is 21.1 Å². The quantitative estimate of drug-likeness (QED) is 0.553. The molecule has 0 radical (unpaired) electrons. The van der Waals surface area contributed by atoms with Crippen molar-refractivity contribution in [1.29, 1.82) is 0 Å². The lowest BCUT2D eigenvalue weighted by Crippen LogP contribution is -2.12. The van der Waals surface area contributed by atoms with Gasteiger partial charge in [-0.3, -0.25) is 4.72 Å². The zero-order chi connectivity index (χ0) is 21.4. The van der Waals surface area contributed by atoms with Crippen molar-refractivity contribution in [3.63, 3.8) is 0 Å². The third kappa shape index (κ3) is 4.43. The Labute approximate surface area is 172 Å². The van der Waals surface area contributed by atoms with E-state index in [1.165, 1.54) is 37.8 Å². The van der Waals surface area contributed by atoms with Crippen LogP contribution >= 0.6 is 22.9 Å². The Morgan fingerprint density at radius 2 is 1.83 bits per heavy atom.